The Morgan fingerprint density at radius 1 is 1.20 bits per heavy atom. The quantitative estimate of drug-likeness (QED) is 0.732. The molecule has 3 nitrogen and oxygen atoms in total. The van der Waals surface area contributed by atoms with Crippen molar-refractivity contribution in [2.75, 3.05) is 0 Å². The monoisotopic (exact) mass is 310 g/mol. The van der Waals surface area contributed by atoms with Gasteiger partial charge in [0.05, 0.1) is 12.2 Å². The minimum Gasteiger partial charge on any atom is -0.372 e. The topological polar surface area (TPSA) is 17.9 Å². The van der Waals surface area contributed by atoms with Crippen molar-refractivity contribution in [3.8, 4) is 12.1 Å². The van der Waals surface area contributed by atoms with Gasteiger partial charge in [0, 0.05) is 0 Å². The fourth-order valence-electron chi connectivity index (χ4n) is 4.01. The van der Waals surface area contributed by atoms with E-state index in [0.29, 0.717) is 24.4 Å². The molecule has 0 aromatic carbocycles. The molecule has 110 valence electrons. The number of ether oxygens (including phenoxy) is 1. The molecule has 0 saturated heterocycles. The van der Waals surface area contributed by atoms with Gasteiger partial charge in [-0.1, -0.05) is 20.8 Å². The van der Waals surface area contributed by atoms with E-state index in [0.717, 1.165) is 12.3 Å². The SMILES string of the molecule is CC1(C)[C@H]2CC[C@]1(C)[C@@H](OC(CC#[N+][S-])CC#[N+][S-])C2. The standard InChI is InChI=1S/C15H22N2OS2/c1-14(2)11-4-7-15(14,3)13(10-11)18-12(5-8-16-19)6-9-17-20/h11-13H,4-7,10H2,1-3H3/t11-,13-,15+/m0/s1. The minimum atomic E-state index is -0.0228. The van der Waals surface area contributed by atoms with Gasteiger partial charge in [0.25, 0.3) is 12.1 Å². The third kappa shape index (κ3) is 2.60. The van der Waals surface area contributed by atoms with Crippen LogP contribution < -0.4 is 0 Å². The van der Waals surface area contributed by atoms with E-state index in [1.165, 1.54) is 12.8 Å². The van der Waals surface area contributed by atoms with E-state index < -0.39 is 0 Å². The minimum absolute atomic E-state index is 0.0228. The Morgan fingerprint density at radius 2 is 1.80 bits per heavy atom. The highest BCUT2D eigenvalue weighted by molar-refractivity contribution is 7.61. The average Bonchev–Trinajstić information content (AvgIpc) is 2.74. The molecule has 2 fully saturated rings. The average molecular weight is 310 g/mol. The van der Waals surface area contributed by atoms with Crippen LogP contribution in [-0.4, -0.2) is 12.2 Å². The predicted molar refractivity (Wildman–Crippen MR) is 86.3 cm³/mol. The van der Waals surface area contributed by atoms with E-state index in [2.05, 4.69) is 67.0 Å². The van der Waals surface area contributed by atoms with Crippen molar-refractivity contribution < 1.29 is 4.74 Å². The number of hydrogen-bond donors (Lipinski definition) is 0. The lowest BCUT2D eigenvalue weighted by Gasteiger charge is -2.39. The number of rotatable bonds is 4. The van der Waals surface area contributed by atoms with Crippen LogP contribution in [0, 0.1) is 28.9 Å². The van der Waals surface area contributed by atoms with Gasteiger partial charge in [0.1, 0.15) is 12.8 Å². The van der Waals surface area contributed by atoms with Gasteiger partial charge in [-0.15, -0.1) is 0 Å². The molecule has 0 aliphatic heterocycles. The number of nitrogens with zero attached hydrogens (tertiary/aromatic N) is 2. The summed E-state index contributed by atoms with van der Waals surface area (Å²) in [5.74, 6) is 0.770. The van der Waals surface area contributed by atoms with Crippen molar-refractivity contribution in [2.45, 2.75) is 65.1 Å². The zero-order valence-corrected chi connectivity index (χ0v) is 14.0. The number of fused-ring (bicyclic) bond motifs is 2. The summed E-state index contributed by atoms with van der Waals surface area (Å²) in [6.45, 7) is 7.14. The van der Waals surface area contributed by atoms with Gasteiger partial charge in [-0.3, -0.25) is 25.6 Å². The zero-order valence-electron chi connectivity index (χ0n) is 12.4. The van der Waals surface area contributed by atoms with Crippen molar-refractivity contribution in [1.82, 2.24) is 0 Å². The first-order valence-electron chi connectivity index (χ1n) is 7.21. The van der Waals surface area contributed by atoms with Crippen LogP contribution in [0.5, 0.6) is 0 Å². The zero-order chi connectivity index (χ0) is 14.8. The van der Waals surface area contributed by atoms with Crippen molar-refractivity contribution in [1.29, 1.82) is 0 Å². The van der Waals surface area contributed by atoms with Gasteiger partial charge in [-0.2, -0.15) is 8.50 Å². The second kappa shape index (κ2) is 6.02. The van der Waals surface area contributed by atoms with E-state index in [9.17, 15) is 0 Å². The summed E-state index contributed by atoms with van der Waals surface area (Å²) < 4.78 is 13.4. The van der Waals surface area contributed by atoms with Gasteiger partial charge in [-0.25, -0.2) is 0 Å². The molecule has 5 heteroatoms. The maximum absolute atomic E-state index is 6.35. The molecule has 2 saturated carbocycles. The van der Waals surface area contributed by atoms with Crippen LogP contribution in [0.2, 0.25) is 0 Å². The van der Waals surface area contributed by atoms with E-state index in [4.69, 9.17) is 4.74 Å². The van der Waals surface area contributed by atoms with E-state index in [1.54, 1.807) is 0 Å². The third-order valence-corrected chi connectivity index (χ3v) is 6.10. The summed E-state index contributed by atoms with van der Waals surface area (Å²) >= 11 is 9.14. The molecule has 0 spiro atoms. The number of hydrogen-bond acceptors (Lipinski definition) is 3. The lowest BCUT2D eigenvalue weighted by atomic mass is 9.70. The second-order valence-corrected chi connectivity index (χ2v) is 7.13. The lowest BCUT2D eigenvalue weighted by molar-refractivity contribution is -0.0827. The molecule has 0 radical (unpaired) electrons. The molecule has 0 heterocycles. The maximum Gasteiger partial charge on any atom is 0.255 e. The van der Waals surface area contributed by atoms with Crippen molar-refractivity contribution in [3.63, 3.8) is 0 Å². The first kappa shape index (κ1) is 15.8. The molecule has 0 N–H and O–H groups in total. The molecule has 0 aromatic rings. The maximum atomic E-state index is 6.35. The van der Waals surface area contributed by atoms with Crippen LogP contribution in [0.4, 0.5) is 0 Å². The highest BCUT2D eigenvalue weighted by atomic mass is 32.1. The fraction of sp³-hybridized carbons (Fsp3) is 0.867. The summed E-state index contributed by atoms with van der Waals surface area (Å²) in [7, 11) is 0. The van der Waals surface area contributed by atoms with E-state index in [1.807, 2.05) is 0 Å². The van der Waals surface area contributed by atoms with Gasteiger partial charge < -0.3 is 4.74 Å². The molecule has 2 aliphatic carbocycles. The highest BCUT2D eigenvalue weighted by Gasteiger charge is 2.62. The van der Waals surface area contributed by atoms with E-state index in [-0.39, 0.29) is 11.5 Å². The molecule has 0 unspecified atom stereocenters. The van der Waals surface area contributed by atoms with Crippen LogP contribution in [0.1, 0.15) is 52.9 Å². The Morgan fingerprint density at radius 3 is 2.20 bits per heavy atom. The summed E-state index contributed by atoms with van der Waals surface area (Å²) in [5, 5.41) is 0. The smallest absolute Gasteiger partial charge is 0.255 e. The normalized spacial score (nSPS) is 33.4. The Bertz CT molecular complexity index is 464. The molecule has 20 heavy (non-hydrogen) atoms. The van der Waals surface area contributed by atoms with Gasteiger partial charge in [0.15, 0.2) is 0 Å². The summed E-state index contributed by atoms with van der Waals surface area (Å²) in [6, 6.07) is 5.62. The molecule has 2 bridgehead atoms. The van der Waals surface area contributed by atoms with E-state index >= 15 is 0 Å². The van der Waals surface area contributed by atoms with Gasteiger partial charge in [-0.05, 0) is 36.0 Å². The Balaban J connectivity index is 2.07. The molecular weight excluding hydrogens is 288 g/mol. The molecule has 0 aromatic heterocycles. The highest BCUT2D eigenvalue weighted by Crippen LogP contribution is 2.66. The first-order valence-corrected chi connectivity index (χ1v) is 7.94. The molecular formula is C15H22N2OS2. The summed E-state index contributed by atoms with van der Waals surface area (Å²) in [4.78, 5) is 0. The third-order valence-electron chi connectivity index (χ3n) is 5.84. The van der Waals surface area contributed by atoms with Crippen LogP contribution in [0.15, 0.2) is 0 Å². The van der Waals surface area contributed by atoms with Crippen molar-refractivity contribution in [2.24, 2.45) is 16.7 Å². The molecule has 2 aliphatic rings. The first-order chi connectivity index (χ1) is 9.45. The largest absolute Gasteiger partial charge is 0.372 e. The van der Waals surface area contributed by atoms with Crippen LogP contribution in [0.3, 0.4) is 0 Å². The Hall–Kier alpha value is -0.620. The van der Waals surface area contributed by atoms with Crippen molar-refractivity contribution in [3.05, 3.63) is 8.50 Å². The molecule has 3 atom stereocenters. The second-order valence-electron chi connectivity index (χ2n) is 6.76. The predicted octanol–water partition coefficient (Wildman–Crippen LogP) is 3.96. The molecule has 0 amide bonds. The summed E-state index contributed by atoms with van der Waals surface area (Å²) in [5.41, 5.74) is 0.611. The van der Waals surface area contributed by atoms with Crippen molar-refractivity contribution >= 4 is 25.6 Å². The summed E-state index contributed by atoms with van der Waals surface area (Å²) in [6.07, 6.45) is 5.16. The van der Waals surface area contributed by atoms with Gasteiger partial charge in [0.2, 0.25) is 0 Å². The molecule has 2 rings (SSSR count). The fourth-order valence-corrected chi connectivity index (χ4v) is 4.16. The Kier molecular flexibility index (Phi) is 4.74. The lowest BCUT2D eigenvalue weighted by Crippen LogP contribution is -2.39. The van der Waals surface area contributed by atoms with Crippen LogP contribution in [-0.2, 0) is 30.4 Å². The van der Waals surface area contributed by atoms with Gasteiger partial charge >= 0.3 is 0 Å². The van der Waals surface area contributed by atoms with Crippen LogP contribution in [0.25, 0.3) is 8.50 Å². The Labute approximate surface area is 133 Å². The van der Waals surface area contributed by atoms with Crippen LogP contribution >= 0.6 is 0 Å².